The maximum absolute atomic E-state index is 5.68. The number of aromatic nitrogens is 5. The van der Waals surface area contributed by atoms with Crippen molar-refractivity contribution in [3.63, 3.8) is 0 Å². The quantitative estimate of drug-likeness (QED) is 0.632. The van der Waals surface area contributed by atoms with Crippen molar-refractivity contribution in [3.8, 4) is 5.69 Å². The minimum atomic E-state index is 0.241. The van der Waals surface area contributed by atoms with E-state index in [0.29, 0.717) is 23.5 Å². The molecule has 124 valence electrons. The average Bonchev–Trinajstić information content (AvgIpc) is 3.18. The summed E-state index contributed by atoms with van der Waals surface area (Å²) in [5.41, 5.74) is 1.10. The summed E-state index contributed by atoms with van der Waals surface area (Å²) in [5, 5.41) is 17.9. The number of nitrogens with zero attached hydrogens (tertiary/aromatic N) is 5. The van der Waals surface area contributed by atoms with Crippen molar-refractivity contribution in [3.05, 3.63) is 47.9 Å². The maximum atomic E-state index is 5.68. The van der Waals surface area contributed by atoms with Crippen LogP contribution >= 0.6 is 11.8 Å². The molecule has 6 nitrogen and oxygen atoms in total. The minimum absolute atomic E-state index is 0.241. The van der Waals surface area contributed by atoms with Crippen molar-refractivity contribution in [1.82, 2.24) is 25.0 Å². The summed E-state index contributed by atoms with van der Waals surface area (Å²) < 4.78 is 7.83. The fraction of sp³-hybridized carbons (Fsp3) is 0.412. The molecular weight excluding hydrogens is 322 g/mol. The number of para-hydroxylation sites is 1. The summed E-state index contributed by atoms with van der Waals surface area (Å²) in [5.74, 6) is 3.72. The Morgan fingerprint density at radius 2 is 1.92 bits per heavy atom. The van der Waals surface area contributed by atoms with Gasteiger partial charge in [0.2, 0.25) is 11.8 Å². The second-order valence-corrected chi connectivity index (χ2v) is 7.21. The molecule has 1 saturated carbocycles. The third-order valence-corrected chi connectivity index (χ3v) is 4.83. The molecule has 0 atom stereocenters. The molecule has 0 aliphatic heterocycles. The van der Waals surface area contributed by atoms with Gasteiger partial charge in [-0.15, -0.1) is 20.4 Å². The molecule has 4 rings (SSSR count). The number of hydrogen-bond acceptors (Lipinski definition) is 6. The van der Waals surface area contributed by atoms with Crippen LogP contribution in [0.5, 0.6) is 0 Å². The van der Waals surface area contributed by atoms with E-state index < -0.39 is 0 Å². The highest BCUT2D eigenvalue weighted by molar-refractivity contribution is 7.98. The average molecular weight is 341 g/mol. The first-order chi connectivity index (χ1) is 11.7. The molecule has 7 heteroatoms. The molecule has 0 radical (unpaired) electrons. The molecule has 0 bridgehead atoms. The molecule has 0 spiro atoms. The zero-order valence-electron chi connectivity index (χ0n) is 13.7. The maximum Gasteiger partial charge on any atom is 0.226 e. The van der Waals surface area contributed by atoms with E-state index in [1.54, 1.807) is 11.8 Å². The van der Waals surface area contributed by atoms with Gasteiger partial charge in [0, 0.05) is 17.5 Å². The van der Waals surface area contributed by atoms with Crippen molar-refractivity contribution in [1.29, 1.82) is 0 Å². The molecule has 1 aliphatic carbocycles. The Bertz CT molecular complexity index is 823. The summed E-state index contributed by atoms with van der Waals surface area (Å²) in [4.78, 5) is 0. The Balaban J connectivity index is 1.58. The monoisotopic (exact) mass is 341 g/mol. The second-order valence-electron chi connectivity index (χ2n) is 6.26. The molecule has 1 aliphatic rings. The van der Waals surface area contributed by atoms with E-state index in [0.717, 1.165) is 16.7 Å². The van der Waals surface area contributed by atoms with Gasteiger partial charge in [0.05, 0.1) is 5.75 Å². The van der Waals surface area contributed by atoms with Crippen molar-refractivity contribution in [2.24, 2.45) is 0 Å². The van der Waals surface area contributed by atoms with Crippen LogP contribution in [0.25, 0.3) is 5.69 Å². The molecule has 1 aromatic carbocycles. The van der Waals surface area contributed by atoms with Crippen LogP contribution in [-0.2, 0) is 5.75 Å². The topological polar surface area (TPSA) is 69.6 Å². The van der Waals surface area contributed by atoms with Gasteiger partial charge in [0.15, 0.2) is 5.16 Å². The summed E-state index contributed by atoms with van der Waals surface area (Å²) in [6, 6.07) is 10.3. The Labute approximate surface area is 144 Å². The fourth-order valence-corrected chi connectivity index (χ4v) is 3.28. The standard InChI is InChI=1S/C17H19N5OS/c1-11(2)16-20-18-14(23-16)10-24-17-21-19-15(12-8-9-12)22(17)13-6-4-3-5-7-13/h3-7,11-12H,8-10H2,1-2H3. The molecule has 0 amide bonds. The van der Waals surface area contributed by atoms with Crippen LogP contribution in [0.2, 0.25) is 0 Å². The van der Waals surface area contributed by atoms with Crippen molar-refractivity contribution < 1.29 is 4.42 Å². The van der Waals surface area contributed by atoms with E-state index >= 15 is 0 Å². The first-order valence-corrected chi connectivity index (χ1v) is 9.16. The van der Waals surface area contributed by atoms with Gasteiger partial charge in [0.1, 0.15) is 5.82 Å². The highest BCUT2D eigenvalue weighted by Crippen LogP contribution is 2.41. The molecule has 3 aromatic rings. The Kier molecular flexibility index (Phi) is 4.10. The lowest BCUT2D eigenvalue weighted by molar-refractivity contribution is 0.445. The normalized spacial score (nSPS) is 14.5. The SMILES string of the molecule is CC(C)c1nnc(CSc2nnc(C3CC3)n2-c2ccccc2)o1. The van der Waals surface area contributed by atoms with E-state index in [-0.39, 0.29) is 5.92 Å². The van der Waals surface area contributed by atoms with Crippen LogP contribution < -0.4 is 0 Å². The zero-order chi connectivity index (χ0) is 16.5. The van der Waals surface area contributed by atoms with Gasteiger partial charge in [-0.1, -0.05) is 43.8 Å². The highest BCUT2D eigenvalue weighted by Gasteiger charge is 2.31. The number of rotatable bonds is 6. The van der Waals surface area contributed by atoms with Crippen LogP contribution in [0.1, 0.15) is 56.1 Å². The van der Waals surface area contributed by atoms with Crippen molar-refractivity contribution >= 4 is 11.8 Å². The number of benzene rings is 1. The number of thioether (sulfide) groups is 1. The van der Waals surface area contributed by atoms with Crippen LogP contribution in [0.4, 0.5) is 0 Å². The number of hydrogen-bond donors (Lipinski definition) is 0. The third kappa shape index (κ3) is 3.08. The van der Waals surface area contributed by atoms with Crippen LogP contribution in [0.3, 0.4) is 0 Å². The fourth-order valence-electron chi connectivity index (χ4n) is 2.48. The predicted molar refractivity (Wildman–Crippen MR) is 91.3 cm³/mol. The van der Waals surface area contributed by atoms with Crippen molar-refractivity contribution in [2.75, 3.05) is 0 Å². The Hall–Kier alpha value is -2.15. The van der Waals surface area contributed by atoms with Gasteiger partial charge in [-0.05, 0) is 25.0 Å². The molecule has 0 saturated heterocycles. The molecule has 0 unspecified atom stereocenters. The summed E-state index contributed by atoms with van der Waals surface area (Å²) >= 11 is 1.58. The van der Waals surface area contributed by atoms with Crippen LogP contribution in [0.15, 0.2) is 39.9 Å². The lowest BCUT2D eigenvalue weighted by Gasteiger charge is -2.08. The Morgan fingerprint density at radius 1 is 1.12 bits per heavy atom. The molecule has 1 fully saturated rings. The smallest absolute Gasteiger partial charge is 0.226 e. The van der Waals surface area contributed by atoms with Gasteiger partial charge in [-0.3, -0.25) is 4.57 Å². The van der Waals surface area contributed by atoms with Gasteiger partial charge in [0.25, 0.3) is 0 Å². The minimum Gasteiger partial charge on any atom is -0.424 e. The largest absolute Gasteiger partial charge is 0.424 e. The van der Waals surface area contributed by atoms with Gasteiger partial charge in [-0.2, -0.15) is 0 Å². The molecule has 0 N–H and O–H groups in total. The van der Waals surface area contributed by atoms with Crippen LogP contribution in [0, 0.1) is 0 Å². The molecular formula is C17H19N5OS. The third-order valence-electron chi connectivity index (χ3n) is 3.92. The van der Waals surface area contributed by atoms with Crippen molar-refractivity contribution in [2.45, 2.75) is 49.4 Å². The molecule has 24 heavy (non-hydrogen) atoms. The Morgan fingerprint density at radius 3 is 2.58 bits per heavy atom. The first-order valence-electron chi connectivity index (χ1n) is 8.18. The van der Waals surface area contributed by atoms with E-state index in [9.17, 15) is 0 Å². The van der Waals surface area contributed by atoms with Gasteiger partial charge >= 0.3 is 0 Å². The summed E-state index contributed by atoms with van der Waals surface area (Å²) in [6.45, 7) is 4.08. The van der Waals surface area contributed by atoms with Crippen LogP contribution in [-0.4, -0.2) is 25.0 Å². The van der Waals surface area contributed by atoms with E-state index in [1.807, 2.05) is 32.0 Å². The molecule has 2 aromatic heterocycles. The van der Waals surface area contributed by atoms with E-state index in [4.69, 9.17) is 4.42 Å². The lowest BCUT2D eigenvalue weighted by Crippen LogP contribution is -2.01. The zero-order valence-corrected chi connectivity index (χ0v) is 14.5. The van der Waals surface area contributed by atoms with E-state index in [2.05, 4.69) is 37.1 Å². The van der Waals surface area contributed by atoms with Gasteiger partial charge in [-0.25, -0.2) is 0 Å². The first kappa shape index (κ1) is 15.4. The highest BCUT2D eigenvalue weighted by atomic mass is 32.2. The second kappa shape index (κ2) is 6.39. The molecule has 2 heterocycles. The predicted octanol–water partition coefficient (Wildman–Crippen LogP) is 3.94. The lowest BCUT2D eigenvalue weighted by atomic mass is 10.2. The summed E-state index contributed by atoms with van der Waals surface area (Å²) in [7, 11) is 0. The van der Waals surface area contributed by atoms with E-state index in [1.165, 1.54) is 12.8 Å². The van der Waals surface area contributed by atoms with Gasteiger partial charge < -0.3 is 4.42 Å². The summed E-state index contributed by atoms with van der Waals surface area (Å²) in [6.07, 6.45) is 2.38.